The van der Waals surface area contributed by atoms with Crippen molar-refractivity contribution in [3.63, 3.8) is 0 Å². The molecule has 0 bridgehead atoms. The minimum Gasteiger partial charge on any atom is -0.494 e. The Morgan fingerprint density at radius 1 is 1.38 bits per heavy atom. The number of rotatable bonds is 6. The van der Waals surface area contributed by atoms with Gasteiger partial charge in [-0.1, -0.05) is 6.07 Å². The number of urea groups is 1. The molecule has 0 aliphatic carbocycles. The summed E-state index contributed by atoms with van der Waals surface area (Å²) in [5.41, 5.74) is -0.0527. The topological polar surface area (TPSA) is 54.7 Å². The third-order valence-electron chi connectivity index (χ3n) is 3.39. The van der Waals surface area contributed by atoms with Crippen molar-refractivity contribution in [2.24, 2.45) is 0 Å². The first-order chi connectivity index (χ1) is 11.4. The van der Waals surface area contributed by atoms with Crippen molar-refractivity contribution in [2.75, 3.05) is 14.2 Å². The Morgan fingerprint density at radius 3 is 2.67 bits per heavy atom. The first-order valence-corrected chi connectivity index (χ1v) is 7.08. The second-order valence-corrected chi connectivity index (χ2v) is 5.09. The van der Waals surface area contributed by atoms with E-state index in [0.717, 1.165) is 6.07 Å². The van der Waals surface area contributed by atoms with Crippen molar-refractivity contribution < 1.29 is 27.1 Å². The van der Waals surface area contributed by atoms with E-state index in [1.54, 1.807) is 12.1 Å². The number of nitrogens with one attached hydrogen (secondary N) is 1. The summed E-state index contributed by atoms with van der Waals surface area (Å²) in [7, 11) is 2.71. The molecule has 1 N–H and O–H groups in total. The van der Waals surface area contributed by atoms with E-state index in [4.69, 9.17) is 9.15 Å². The highest BCUT2D eigenvalue weighted by molar-refractivity contribution is 5.74. The molecule has 0 fully saturated rings. The SMILES string of the molecule is COc1ccc(C(NC(=O)N(C)Cc2ccco2)C(F)F)cc1F. The standard InChI is InChI=1S/C16H17F3N2O3/c1-21(9-11-4-3-7-24-11)16(22)20-14(15(18)19)10-5-6-13(23-2)12(17)8-10/h3-8,14-15H,9H2,1-2H3,(H,20,22). The van der Waals surface area contributed by atoms with Gasteiger partial charge in [-0.2, -0.15) is 0 Å². The van der Waals surface area contributed by atoms with Crippen LogP contribution in [0.5, 0.6) is 5.75 Å². The van der Waals surface area contributed by atoms with Crippen molar-refractivity contribution in [1.82, 2.24) is 10.2 Å². The van der Waals surface area contributed by atoms with Crippen LogP contribution < -0.4 is 10.1 Å². The van der Waals surface area contributed by atoms with Gasteiger partial charge in [0.1, 0.15) is 11.8 Å². The number of carbonyl (C=O) groups is 1. The maximum absolute atomic E-state index is 13.7. The lowest BCUT2D eigenvalue weighted by Crippen LogP contribution is -2.41. The van der Waals surface area contributed by atoms with Crippen molar-refractivity contribution in [1.29, 1.82) is 0 Å². The van der Waals surface area contributed by atoms with Gasteiger partial charge in [0, 0.05) is 7.05 Å². The molecule has 0 radical (unpaired) electrons. The Morgan fingerprint density at radius 2 is 2.12 bits per heavy atom. The van der Waals surface area contributed by atoms with Gasteiger partial charge >= 0.3 is 6.03 Å². The summed E-state index contributed by atoms with van der Waals surface area (Å²) in [6, 6.07) is 4.38. The van der Waals surface area contributed by atoms with E-state index in [0.29, 0.717) is 5.76 Å². The van der Waals surface area contributed by atoms with Crippen molar-refractivity contribution in [3.05, 3.63) is 53.7 Å². The van der Waals surface area contributed by atoms with Crippen molar-refractivity contribution >= 4 is 6.03 Å². The van der Waals surface area contributed by atoms with Gasteiger partial charge in [-0.05, 0) is 29.8 Å². The molecule has 1 heterocycles. The number of methoxy groups -OCH3 is 1. The van der Waals surface area contributed by atoms with Crippen molar-refractivity contribution in [2.45, 2.75) is 19.0 Å². The molecule has 0 saturated heterocycles. The molecule has 2 aromatic rings. The lowest BCUT2D eigenvalue weighted by molar-refractivity contribution is 0.0968. The lowest BCUT2D eigenvalue weighted by atomic mass is 10.1. The number of nitrogens with zero attached hydrogens (tertiary/aromatic N) is 1. The van der Waals surface area contributed by atoms with Crippen LogP contribution in [0.3, 0.4) is 0 Å². The van der Waals surface area contributed by atoms with Gasteiger partial charge in [-0.15, -0.1) is 0 Å². The van der Waals surface area contributed by atoms with E-state index in [1.165, 1.54) is 37.5 Å². The highest BCUT2D eigenvalue weighted by atomic mass is 19.3. The third-order valence-corrected chi connectivity index (χ3v) is 3.39. The molecule has 1 aromatic carbocycles. The predicted molar refractivity (Wildman–Crippen MR) is 80.4 cm³/mol. The minimum absolute atomic E-state index is 0.0527. The van der Waals surface area contributed by atoms with E-state index in [1.807, 2.05) is 0 Å². The van der Waals surface area contributed by atoms with Crippen LogP contribution in [0.25, 0.3) is 0 Å². The molecule has 130 valence electrons. The lowest BCUT2D eigenvalue weighted by Gasteiger charge is -2.23. The molecule has 1 atom stereocenters. The fraction of sp³-hybridized carbons (Fsp3) is 0.312. The molecule has 0 aliphatic rings. The van der Waals surface area contributed by atoms with Gasteiger partial charge in [0.2, 0.25) is 0 Å². The number of halogens is 3. The van der Waals surface area contributed by atoms with Crippen LogP contribution in [0, 0.1) is 5.82 Å². The van der Waals surface area contributed by atoms with Crippen LogP contribution in [0.4, 0.5) is 18.0 Å². The Hall–Kier alpha value is -2.64. The number of furan rings is 1. The summed E-state index contributed by atoms with van der Waals surface area (Å²) in [6.45, 7) is 0.117. The van der Waals surface area contributed by atoms with Gasteiger partial charge in [-0.3, -0.25) is 0 Å². The highest BCUT2D eigenvalue weighted by Gasteiger charge is 2.27. The summed E-state index contributed by atoms with van der Waals surface area (Å²) in [5.74, 6) is -0.330. The zero-order valence-corrected chi connectivity index (χ0v) is 13.1. The molecule has 1 unspecified atom stereocenters. The molecular weight excluding hydrogens is 325 g/mol. The summed E-state index contributed by atoms with van der Waals surface area (Å²) >= 11 is 0. The van der Waals surface area contributed by atoms with Gasteiger partial charge in [-0.25, -0.2) is 18.0 Å². The first kappa shape index (κ1) is 17.7. The van der Waals surface area contributed by atoms with Crippen LogP contribution in [0.2, 0.25) is 0 Å². The largest absolute Gasteiger partial charge is 0.494 e. The molecule has 2 rings (SSSR count). The normalized spacial score (nSPS) is 12.1. The van der Waals surface area contributed by atoms with E-state index in [9.17, 15) is 18.0 Å². The van der Waals surface area contributed by atoms with E-state index in [2.05, 4.69) is 5.32 Å². The van der Waals surface area contributed by atoms with Gasteiger partial charge in [0.05, 0.1) is 19.9 Å². The zero-order chi connectivity index (χ0) is 17.7. The zero-order valence-electron chi connectivity index (χ0n) is 13.1. The van der Waals surface area contributed by atoms with Crippen LogP contribution in [-0.4, -0.2) is 31.5 Å². The Bertz CT molecular complexity index is 677. The summed E-state index contributed by atoms with van der Waals surface area (Å²) < 4.78 is 50.2. The first-order valence-electron chi connectivity index (χ1n) is 7.08. The molecule has 0 aliphatic heterocycles. The van der Waals surface area contributed by atoms with E-state index >= 15 is 0 Å². The highest BCUT2D eigenvalue weighted by Crippen LogP contribution is 2.26. The number of ether oxygens (including phenoxy) is 1. The molecule has 8 heteroatoms. The average Bonchev–Trinajstić information content (AvgIpc) is 3.04. The summed E-state index contributed by atoms with van der Waals surface area (Å²) in [5, 5.41) is 2.20. The van der Waals surface area contributed by atoms with Gasteiger partial charge < -0.3 is 19.4 Å². The number of hydrogen-bond acceptors (Lipinski definition) is 3. The Kier molecular flexibility index (Phi) is 5.73. The fourth-order valence-electron chi connectivity index (χ4n) is 2.12. The molecule has 5 nitrogen and oxygen atoms in total. The second-order valence-electron chi connectivity index (χ2n) is 5.09. The van der Waals surface area contributed by atoms with Crippen LogP contribution >= 0.6 is 0 Å². The van der Waals surface area contributed by atoms with Crippen molar-refractivity contribution in [3.8, 4) is 5.75 Å². The molecule has 0 saturated carbocycles. The quantitative estimate of drug-likeness (QED) is 0.873. The Balaban J connectivity index is 2.10. The predicted octanol–water partition coefficient (Wildman–Crippen LogP) is 3.58. The number of alkyl halides is 2. The number of carbonyl (C=O) groups excluding carboxylic acids is 1. The maximum Gasteiger partial charge on any atom is 0.318 e. The van der Waals surface area contributed by atoms with E-state index < -0.39 is 24.3 Å². The molecule has 24 heavy (non-hydrogen) atoms. The third kappa shape index (κ3) is 4.21. The average molecular weight is 342 g/mol. The molecule has 0 spiro atoms. The maximum atomic E-state index is 13.7. The van der Waals surface area contributed by atoms with Crippen LogP contribution in [0.15, 0.2) is 41.0 Å². The number of amides is 2. The minimum atomic E-state index is -2.90. The number of hydrogen-bond donors (Lipinski definition) is 1. The van der Waals surface area contributed by atoms with Crippen LogP contribution in [-0.2, 0) is 6.54 Å². The summed E-state index contributed by atoms with van der Waals surface area (Å²) in [4.78, 5) is 13.3. The smallest absolute Gasteiger partial charge is 0.318 e. The monoisotopic (exact) mass is 342 g/mol. The molecule has 1 aromatic heterocycles. The molecular formula is C16H17F3N2O3. The second kappa shape index (κ2) is 7.76. The Labute approximate surface area is 137 Å². The van der Waals surface area contributed by atoms with Crippen LogP contribution in [0.1, 0.15) is 17.4 Å². The van der Waals surface area contributed by atoms with E-state index in [-0.39, 0.29) is 17.9 Å². The molecule has 2 amide bonds. The fourth-order valence-corrected chi connectivity index (χ4v) is 2.12. The summed E-state index contributed by atoms with van der Waals surface area (Å²) in [6.07, 6.45) is -1.46. The van der Waals surface area contributed by atoms with Gasteiger partial charge in [0.25, 0.3) is 6.43 Å². The van der Waals surface area contributed by atoms with Gasteiger partial charge in [0.15, 0.2) is 11.6 Å². The number of benzene rings is 1.